The summed E-state index contributed by atoms with van der Waals surface area (Å²) in [4.78, 5) is 12.1. The van der Waals surface area contributed by atoms with Crippen LogP contribution in [0.5, 0.6) is 5.75 Å². The number of benzene rings is 2. The maximum absolute atomic E-state index is 10.7. The third-order valence-electron chi connectivity index (χ3n) is 3.39. The van der Waals surface area contributed by atoms with Crippen molar-refractivity contribution in [3.63, 3.8) is 0 Å². The zero-order valence-electron chi connectivity index (χ0n) is 13.8. The van der Waals surface area contributed by atoms with E-state index in [-0.39, 0.29) is 5.69 Å². The van der Waals surface area contributed by atoms with Crippen LogP contribution in [0.25, 0.3) is 0 Å². The van der Waals surface area contributed by atoms with E-state index in [4.69, 9.17) is 17.0 Å². The Balaban J connectivity index is 1.91. The predicted molar refractivity (Wildman–Crippen MR) is 103 cm³/mol. The van der Waals surface area contributed by atoms with E-state index in [1.807, 2.05) is 36.2 Å². The van der Waals surface area contributed by atoms with Gasteiger partial charge in [-0.1, -0.05) is 24.8 Å². The zero-order chi connectivity index (χ0) is 18.2. The van der Waals surface area contributed by atoms with Gasteiger partial charge in [0.2, 0.25) is 0 Å². The van der Waals surface area contributed by atoms with E-state index in [1.54, 1.807) is 18.2 Å². The molecule has 2 aromatic carbocycles. The first-order valence-corrected chi connectivity index (χ1v) is 7.99. The van der Waals surface area contributed by atoms with E-state index >= 15 is 0 Å². The average molecular weight is 357 g/mol. The first kappa shape index (κ1) is 18.4. The third kappa shape index (κ3) is 5.58. The molecule has 0 aliphatic heterocycles. The SMILES string of the molecule is C=CCOc1ccc(CN(C)C(=S)Nc2ccc([N+](=O)[O-])cc2)cc1. The smallest absolute Gasteiger partial charge is 0.269 e. The first-order chi connectivity index (χ1) is 12.0. The standard InChI is InChI=1S/C18H19N3O3S/c1-3-12-24-17-10-4-14(5-11-17)13-20(2)18(25)19-15-6-8-16(9-7-15)21(22)23/h3-11H,1,12-13H2,2H3,(H,19,25). The van der Waals surface area contributed by atoms with Gasteiger partial charge in [-0.25, -0.2) is 0 Å². The second kappa shape index (κ2) is 8.79. The van der Waals surface area contributed by atoms with Crippen LogP contribution in [-0.2, 0) is 6.54 Å². The molecule has 1 N–H and O–H groups in total. The van der Waals surface area contributed by atoms with Crippen LogP contribution in [-0.4, -0.2) is 28.6 Å². The van der Waals surface area contributed by atoms with Crippen LogP contribution in [0.1, 0.15) is 5.56 Å². The number of hydrogen-bond acceptors (Lipinski definition) is 4. The fraction of sp³-hybridized carbons (Fsp3) is 0.167. The van der Waals surface area contributed by atoms with Gasteiger partial charge in [-0.15, -0.1) is 0 Å². The Hall–Kier alpha value is -2.93. The minimum absolute atomic E-state index is 0.0450. The lowest BCUT2D eigenvalue weighted by Crippen LogP contribution is -2.30. The van der Waals surface area contributed by atoms with E-state index in [9.17, 15) is 10.1 Å². The van der Waals surface area contributed by atoms with Crippen LogP contribution in [0.4, 0.5) is 11.4 Å². The largest absolute Gasteiger partial charge is 0.490 e. The number of nitro groups is 1. The lowest BCUT2D eigenvalue weighted by Gasteiger charge is -2.21. The topological polar surface area (TPSA) is 67.6 Å². The molecule has 2 aromatic rings. The number of hydrogen-bond donors (Lipinski definition) is 1. The summed E-state index contributed by atoms with van der Waals surface area (Å²) in [7, 11) is 1.88. The number of nitrogens with zero attached hydrogens (tertiary/aromatic N) is 2. The van der Waals surface area contributed by atoms with Crippen LogP contribution in [0.3, 0.4) is 0 Å². The first-order valence-electron chi connectivity index (χ1n) is 7.59. The molecule has 0 bridgehead atoms. The van der Waals surface area contributed by atoms with Crippen LogP contribution >= 0.6 is 12.2 Å². The van der Waals surface area contributed by atoms with E-state index in [0.29, 0.717) is 24.0 Å². The van der Waals surface area contributed by atoms with Gasteiger partial charge >= 0.3 is 0 Å². The predicted octanol–water partition coefficient (Wildman–Crippen LogP) is 3.99. The molecule has 0 amide bonds. The Bertz CT molecular complexity index is 745. The second-order valence-corrected chi connectivity index (χ2v) is 5.72. The third-order valence-corrected chi connectivity index (χ3v) is 3.80. The van der Waals surface area contributed by atoms with Crippen LogP contribution in [0.15, 0.2) is 61.2 Å². The van der Waals surface area contributed by atoms with Gasteiger partial charge in [0.05, 0.1) is 4.92 Å². The van der Waals surface area contributed by atoms with Crippen molar-refractivity contribution in [2.75, 3.05) is 19.0 Å². The molecule has 0 unspecified atom stereocenters. The highest BCUT2D eigenvalue weighted by Gasteiger charge is 2.08. The normalized spacial score (nSPS) is 9.96. The van der Waals surface area contributed by atoms with Crippen LogP contribution < -0.4 is 10.1 Å². The Morgan fingerprint density at radius 1 is 1.28 bits per heavy atom. The number of rotatable bonds is 7. The highest BCUT2D eigenvalue weighted by Crippen LogP contribution is 2.17. The van der Waals surface area contributed by atoms with Gasteiger partial charge in [0, 0.05) is 31.4 Å². The summed E-state index contributed by atoms with van der Waals surface area (Å²) in [6, 6.07) is 13.9. The summed E-state index contributed by atoms with van der Waals surface area (Å²) in [6.45, 7) is 4.71. The molecule has 0 radical (unpaired) electrons. The van der Waals surface area contributed by atoms with Crippen LogP contribution in [0, 0.1) is 10.1 Å². The lowest BCUT2D eigenvalue weighted by molar-refractivity contribution is -0.384. The molecule has 0 aliphatic carbocycles. The number of ether oxygens (including phenoxy) is 1. The zero-order valence-corrected chi connectivity index (χ0v) is 14.7. The maximum Gasteiger partial charge on any atom is 0.269 e. The molecule has 0 aromatic heterocycles. The number of anilines is 1. The van der Waals surface area contributed by atoms with E-state index in [0.717, 1.165) is 11.3 Å². The lowest BCUT2D eigenvalue weighted by atomic mass is 10.2. The van der Waals surface area contributed by atoms with Crippen molar-refractivity contribution in [1.29, 1.82) is 0 Å². The summed E-state index contributed by atoms with van der Waals surface area (Å²) >= 11 is 5.37. The van der Waals surface area contributed by atoms with Gasteiger partial charge in [0.15, 0.2) is 5.11 Å². The van der Waals surface area contributed by atoms with E-state index in [1.165, 1.54) is 12.1 Å². The highest BCUT2D eigenvalue weighted by atomic mass is 32.1. The molecule has 0 spiro atoms. The second-order valence-electron chi connectivity index (χ2n) is 5.33. The van der Waals surface area contributed by atoms with Gasteiger partial charge in [-0.3, -0.25) is 10.1 Å². The Labute approximate surface area is 151 Å². The quantitative estimate of drug-likeness (QED) is 0.350. The highest BCUT2D eigenvalue weighted by molar-refractivity contribution is 7.80. The summed E-state index contributed by atoms with van der Waals surface area (Å²) in [5.41, 5.74) is 1.83. The summed E-state index contributed by atoms with van der Waals surface area (Å²) in [6.07, 6.45) is 1.70. The minimum Gasteiger partial charge on any atom is -0.490 e. The van der Waals surface area contributed by atoms with E-state index in [2.05, 4.69) is 11.9 Å². The van der Waals surface area contributed by atoms with Gasteiger partial charge in [-0.2, -0.15) is 0 Å². The molecule has 0 atom stereocenters. The van der Waals surface area contributed by atoms with Gasteiger partial charge < -0.3 is 15.0 Å². The van der Waals surface area contributed by atoms with Crippen molar-refractivity contribution in [3.8, 4) is 5.75 Å². The molecule has 0 aliphatic rings. The molecule has 2 rings (SSSR count). The Morgan fingerprint density at radius 3 is 2.48 bits per heavy atom. The average Bonchev–Trinajstić information content (AvgIpc) is 2.61. The summed E-state index contributed by atoms with van der Waals surface area (Å²) in [5.74, 6) is 0.790. The van der Waals surface area contributed by atoms with Crippen molar-refractivity contribution in [2.45, 2.75) is 6.54 Å². The molecule has 6 nitrogen and oxygen atoms in total. The molecule has 7 heteroatoms. The van der Waals surface area contributed by atoms with Crippen molar-refractivity contribution >= 4 is 28.7 Å². The number of non-ortho nitro benzene ring substituents is 1. The van der Waals surface area contributed by atoms with Gasteiger partial charge in [0.1, 0.15) is 12.4 Å². The summed E-state index contributed by atoms with van der Waals surface area (Å²) in [5, 5.41) is 14.3. The molecule has 0 heterocycles. The fourth-order valence-corrected chi connectivity index (χ4v) is 2.26. The monoisotopic (exact) mass is 357 g/mol. The minimum atomic E-state index is -0.434. The number of nitro benzene ring substituents is 1. The molecule has 0 saturated carbocycles. The van der Waals surface area contributed by atoms with Gasteiger partial charge in [-0.05, 0) is 42.0 Å². The molecule has 0 saturated heterocycles. The molecule has 130 valence electrons. The van der Waals surface area contributed by atoms with Crippen molar-refractivity contribution < 1.29 is 9.66 Å². The molecule has 0 fully saturated rings. The van der Waals surface area contributed by atoms with Crippen molar-refractivity contribution in [1.82, 2.24) is 4.90 Å². The maximum atomic E-state index is 10.7. The number of nitrogens with one attached hydrogen (secondary N) is 1. The fourth-order valence-electron chi connectivity index (χ4n) is 2.08. The summed E-state index contributed by atoms with van der Waals surface area (Å²) < 4.78 is 5.45. The van der Waals surface area contributed by atoms with E-state index < -0.39 is 4.92 Å². The van der Waals surface area contributed by atoms with Crippen molar-refractivity contribution in [2.24, 2.45) is 0 Å². The van der Waals surface area contributed by atoms with Gasteiger partial charge in [0.25, 0.3) is 5.69 Å². The molecular weight excluding hydrogens is 338 g/mol. The Kier molecular flexibility index (Phi) is 6.47. The molecular formula is C18H19N3O3S. The van der Waals surface area contributed by atoms with Crippen LogP contribution in [0.2, 0.25) is 0 Å². The number of thiocarbonyl (C=S) groups is 1. The molecule has 25 heavy (non-hydrogen) atoms. The van der Waals surface area contributed by atoms with Crippen molar-refractivity contribution in [3.05, 3.63) is 76.9 Å². The Morgan fingerprint density at radius 2 is 1.92 bits per heavy atom.